The Labute approximate surface area is 122 Å². The van der Waals surface area contributed by atoms with E-state index in [0.717, 1.165) is 16.5 Å². The molecule has 0 unspecified atom stereocenters. The highest BCUT2D eigenvalue weighted by Crippen LogP contribution is 2.21. The highest BCUT2D eigenvalue weighted by Gasteiger charge is 2.13. The van der Waals surface area contributed by atoms with Crippen molar-refractivity contribution in [2.75, 3.05) is 5.32 Å². The summed E-state index contributed by atoms with van der Waals surface area (Å²) in [6.45, 7) is 0.534. The lowest BCUT2D eigenvalue weighted by Gasteiger charge is -2.10. The molecule has 104 valence electrons. The van der Waals surface area contributed by atoms with Gasteiger partial charge in [0.15, 0.2) is 0 Å². The number of para-hydroxylation sites is 1. The molecule has 4 heteroatoms. The predicted molar refractivity (Wildman–Crippen MR) is 82.5 cm³/mol. The maximum atomic E-state index is 11.4. The van der Waals surface area contributed by atoms with E-state index in [1.165, 1.54) is 0 Å². The summed E-state index contributed by atoms with van der Waals surface area (Å²) in [4.78, 5) is 15.8. The fraction of sp³-hybridized carbons (Fsp3) is 0.0588. The average molecular weight is 278 g/mol. The molecule has 0 spiro atoms. The molecule has 4 nitrogen and oxygen atoms in total. The molecule has 0 radical (unpaired) electrons. The molecule has 0 fully saturated rings. The molecule has 0 saturated heterocycles. The molecule has 0 aliphatic carbocycles. The molecule has 0 aliphatic heterocycles. The van der Waals surface area contributed by atoms with E-state index in [1.54, 1.807) is 6.07 Å². The molecule has 0 amide bonds. The average Bonchev–Trinajstić information content (AvgIpc) is 2.53. The zero-order chi connectivity index (χ0) is 14.7. The number of hydrogen-bond acceptors (Lipinski definition) is 3. The number of pyridine rings is 1. The molecule has 3 aromatic rings. The Morgan fingerprint density at radius 3 is 2.52 bits per heavy atom. The summed E-state index contributed by atoms with van der Waals surface area (Å²) < 4.78 is 0. The first kappa shape index (κ1) is 13.1. The summed E-state index contributed by atoms with van der Waals surface area (Å²) in [6.07, 6.45) is 0. The Kier molecular flexibility index (Phi) is 3.51. The number of carboxylic acid groups (broad SMARTS) is 1. The van der Waals surface area contributed by atoms with Crippen molar-refractivity contribution in [2.45, 2.75) is 6.54 Å². The largest absolute Gasteiger partial charge is 0.478 e. The van der Waals surface area contributed by atoms with Gasteiger partial charge >= 0.3 is 5.97 Å². The summed E-state index contributed by atoms with van der Waals surface area (Å²) in [5, 5.41) is 13.3. The second-order valence-electron chi connectivity index (χ2n) is 4.72. The number of hydrogen-bond donors (Lipinski definition) is 2. The second-order valence-corrected chi connectivity index (χ2v) is 4.72. The number of nitrogens with one attached hydrogen (secondary N) is 1. The van der Waals surface area contributed by atoms with Crippen LogP contribution in [0.5, 0.6) is 0 Å². The molecule has 0 atom stereocenters. The van der Waals surface area contributed by atoms with Crippen LogP contribution in [0, 0.1) is 0 Å². The standard InChI is InChI=1S/C17H14N2O2/c20-17(21)14-10-13-8-4-5-9-15(13)19-16(14)18-11-12-6-2-1-3-7-12/h1-10H,11H2,(H,18,19)(H,20,21). The number of carboxylic acids is 1. The SMILES string of the molecule is O=C(O)c1cc2ccccc2nc1NCc1ccccc1. The molecule has 0 saturated carbocycles. The van der Waals surface area contributed by atoms with Gasteiger partial charge in [-0.3, -0.25) is 0 Å². The van der Waals surface area contributed by atoms with Crippen LogP contribution in [0.2, 0.25) is 0 Å². The third-order valence-corrected chi connectivity index (χ3v) is 3.26. The van der Waals surface area contributed by atoms with Gasteiger partial charge in [-0.15, -0.1) is 0 Å². The van der Waals surface area contributed by atoms with Crippen LogP contribution < -0.4 is 5.32 Å². The minimum absolute atomic E-state index is 0.185. The van der Waals surface area contributed by atoms with Gasteiger partial charge in [-0.2, -0.15) is 0 Å². The molecule has 0 bridgehead atoms. The number of anilines is 1. The van der Waals surface area contributed by atoms with Crippen molar-refractivity contribution in [1.82, 2.24) is 4.98 Å². The molecule has 1 aromatic heterocycles. The fourth-order valence-corrected chi connectivity index (χ4v) is 2.20. The molecular weight excluding hydrogens is 264 g/mol. The first-order valence-corrected chi connectivity index (χ1v) is 6.65. The molecule has 2 aromatic carbocycles. The lowest BCUT2D eigenvalue weighted by Crippen LogP contribution is -2.08. The Hall–Kier alpha value is -2.88. The van der Waals surface area contributed by atoms with Crippen LogP contribution >= 0.6 is 0 Å². The van der Waals surface area contributed by atoms with Crippen LogP contribution in [0.1, 0.15) is 15.9 Å². The van der Waals surface area contributed by atoms with Crippen molar-refractivity contribution in [1.29, 1.82) is 0 Å². The fourth-order valence-electron chi connectivity index (χ4n) is 2.20. The maximum Gasteiger partial charge on any atom is 0.339 e. The zero-order valence-electron chi connectivity index (χ0n) is 11.3. The van der Waals surface area contributed by atoms with E-state index in [-0.39, 0.29) is 5.56 Å². The van der Waals surface area contributed by atoms with Crippen LogP contribution in [0.25, 0.3) is 10.9 Å². The molecule has 21 heavy (non-hydrogen) atoms. The summed E-state index contributed by atoms with van der Waals surface area (Å²) in [5.41, 5.74) is 2.03. The van der Waals surface area contributed by atoms with E-state index in [2.05, 4.69) is 10.3 Å². The smallest absolute Gasteiger partial charge is 0.339 e. The van der Waals surface area contributed by atoms with Crippen LogP contribution in [-0.2, 0) is 6.54 Å². The topological polar surface area (TPSA) is 62.2 Å². The Bertz CT molecular complexity index is 785. The summed E-state index contributed by atoms with van der Waals surface area (Å²) in [5.74, 6) is -0.589. The van der Waals surface area contributed by atoms with Gasteiger partial charge in [0.2, 0.25) is 0 Å². The molecular formula is C17H14N2O2. The monoisotopic (exact) mass is 278 g/mol. The van der Waals surface area contributed by atoms with Gasteiger partial charge in [0.25, 0.3) is 0 Å². The molecule has 3 rings (SSSR count). The van der Waals surface area contributed by atoms with E-state index in [1.807, 2.05) is 54.6 Å². The number of aromatic nitrogens is 1. The summed E-state index contributed by atoms with van der Waals surface area (Å²) in [7, 11) is 0. The third-order valence-electron chi connectivity index (χ3n) is 3.26. The number of rotatable bonds is 4. The van der Waals surface area contributed by atoms with E-state index < -0.39 is 5.97 Å². The number of carbonyl (C=O) groups is 1. The highest BCUT2D eigenvalue weighted by atomic mass is 16.4. The second kappa shape index (κ2) is 5.63. The van der Waals surface area contributed by atoms with E-state index in [0.29, 0.717) is 12.4 Å². The van der Waals surface area contributed by atoms with Crippen LogP contribution in [-0.4, -0.2) is 16.1 Å². The predicted octanol–water partition coefficient (Wildman–Crippen LogP) is 3.55. The van der Waals surface area contributed by atoms with Gasteiger partial charge in [0.05, 0.1) is 5.52 Å². The Balaban J connectivity index is 1.96. The number of benzene rings is 2. The van der Waals surface area contributed by atoms with Gasteiger partial charge in [0, 0.05) is 11.9 Å². The molecule has 2 N–H and O–H groups in total. The van der Waals surface area contributed by atoms with E-state index in [4.69, 9.17) is 0 Å². The van der Waals surface area contributed by atoms with Crippen molar-refractivity contribution in [3.63, 3.8) is 0 Å². The molecule has 1 heterocycles. The Morgan fingerprint density at radius 1 is 1.05 bits per heavy atom. The van der Waals surface area contributed by atoms with Crippen LogP contribution in [0.15, 0.2) is 60.7 Å². The maximum absolute atomic E-state index is 11.4. The van der Waals surface area contributed by atoms with Gasteiger partial charge in [0.1, 0.15) is 11.4 Å². The highest BCUT2D eigenvalue weighted by molar-refractivity contribution is 5.98. The minimum Gasteiger partial charge on any atom is -0.478 e. The summed E-state index contributed by atoms with van der Waals surface area (Å²) in [6, 6.07) is 18.9. The van der Waals surface area contributed by atoms with Crippen molar-refractivity contribution in [2.24, 2.45) is 0 Å². The lowest BCUT2D eigenvalue weighted by molar-refractivity contribution is 0.0697. The third kappa shape index (κ3) is 2.84. The lowest BCUT2D eigenvalue weighted by atomic mass is 10.1. The number of nitrogens with zero attached hydrogens (tertiary/aromatic N) is 1. The van der Waals surface area contributed by atoms with E-state index >= 15 is 0 Å². The Morgan fingerprint density at radius 2 is 1.76 bits per heavy atom. The van der Waals surface area contributed by atoms with Gasteiger partial charge < -0.3 is 10.4 Å². The normalized spacial score (nSPS) is 10.5. The first-order chi connectivity index (χ1) is 10.2. The quantitative estimate of drug-likeness (QED) is 0.766. The number of fused-ring (bicyclic) bond motifs is 1. The van der Waals surface area contributed by atoms with E-state index in [9.17, 15) is 9.90 Å². The van der Waals surface area contributed by atoms with Gasteiger partial charge in [-0.05, 0) is 17.7 Å². The first-order valence-electron chi connectivity index (χ1n) is 6.65. The minimum atomic E-state index is -0.983. The van der Waals surface area contributed by atoms with Gasteiger partial charge in [-0.25, -0.2) is 9.78 Å². The van der Waals surface area contributed by atoms with Gasteiger partial charge in [-0.1, -0.05) is 48.5 Å². The zero-order valence-corrected chi connectivity index (χ0v) is 11.3. The van der Waals surface area contributed by atoms with Crippen LogP contribution in [0.4, 0.5) is 5.82 Å². The van der Waals surface area contributed by atoms with Crippen molar-refractivity contribution >= 4 is 22.7 Å². The van der Waals surface area contributed by atoms with Crippen molar-refractivity contribution < 1.29 is 9.90 Å². The van der Waals surface area contributed by atoms with Crippen molar-refractivity contribution in [3.05, 3.63) is 71.8 Å². The van der Waals surface area contributed by atoms with Crippen LogP contribution in [0.3, 0.4) is 0 Å². The van der Waals surface area contributed by atoms with Crippen molar-refractivity contribution in [3.8, 4) is 0 Å². The molecule has 0 aliphatic rings. The number of aromatic carboxylic acids is 1. The summed E-state index contributed by atoms with van der Waals surface area (Å²) >= 11 is 0.